The molecule has 1 atom stereocenters. The second-order valence-electron chi connectivity index (χ2n) is 3.59. The molecule has 0 aliphatic rings. The molecule has 1 rings (SSSR count). The van der Waals surface area contributed by atoms with Gasteiger partial charge in [-0.15, -0.1) is 0 Å². The predicted molar refractivity (Wildman–Crippen MR) is 61.9 cm³/mol. The summed E-state index contributed by atoms with van der Waals surface area (Å²) in [7, 11) is 0. The molecule has 0 aliphatic heterocycles. The van der Waals surface area contributed by atoms with Crippen LogP contribution in [0, 0.1) is 0 Å². The van der Waals surface area contributed by atoms with Crippen LogP contribution in [0.25, 0.3) is 0 Å². The molecule has 0 amide bonds. The largest absolute Gasteiger partial charge is 0.390 e. The van der Waals surface area contributed by atoms with Crippen molar-refractivity contribution in [1.29, 1.82) is 0 Å². The predicted octanol–water partition coefficient (Wildman–Crippen LogP) is 3.32. The Labute approximate surface area is 107 Å². The van der Waals surface area contributed by atoms with Gasteiger partial charge in [0.05, 0.1) is 6.42 Å². The average molecular weight is 287 g/mol. The fourth-order valence-electron chi connectivity index (χ4n) is 1.44. The van der Waals surface area contributed by atoms with Gasteiger partial charge in [0.1, 0.15) is 0 Å². The number of rotatable bonds is 4. The molecule has 7 heteroatoms. The molecule has 1 aromatic rings. The van der Waals surface area contributed by atoms with E-state index in [1.165, 1.54) is 0 Å². The average Bonchev–Trinajstić information content (AvgIpc) is 2.20. The van der Waals surface area contributed by atoms with Gasteiger partial charge in [-0.25, -0.2) is 0 Å². The lowest BCUT2D eigenvalue weighted by Gasteiger charge is -2.19. The first kappa shape index (κ1) is 14.6. The first-order chi connectivity index (χ1) is 7.83. The van der Waals surface area contributed by atoms with E-state index in [2.05, 4.69) is 5.43 Å². The quantitative estimate of drug-likeness (QED) is 0.658. The molecule has 3 N–H and O–H groups in total. The van der Waals surface area contributed by atoms with Crippen molar-refractivity contribution < 1.29 is 13.2 Å². The Morgan fingerprint density at radius 2 is 1.76 bits per heavy atom. The van der Waals surface area contributed by atoms with Crippen LogP contribution in [-0.4, -0.2) is 12.2 Å². The molecule has 0 spiro atoms. The second-order valence-corrected chi connectivity index (χ2v) is 4.40. The van der Waals surface area contributed by atoms with Crippen LogP contribution in [0.5, 0.6) is 0 Å². The number of nitrogens with one attached hydrogen (secondary N) is 1. The summed E-state index contributed by atoms with van der Waals surface area (Å²) in [4.78, 5) is 0. The van der Waals surface area contributed by atoms with E-state index >= 15 is 0 Å². The molecule has 17 heavy (non-hydrogen) atoms. The highest BCUT2D eigenvalue weighted by Gasteiger charge is 2.32. The fraction of sp³-hybridized carbons (Fsp3) is 0.400. The molecule has 0 radical (unpaired) electrons. The maximum absolute atomic E-state index is 12.2. The summed E-state index contributed by atoms with van der Waals surface area (Å²) >= 11 is 11.7. The highest BCUT2D eigenvalue weighted by Crippen LogP contribution is 2.28. The number of nitrogens with two attached hydrogens (primary N) is 1. The van der Waals surface area contributed by atoms with Crippen LogP contribution in [0.15, 0.2) is 18.2 Å². The number of benzene rings is 1. The van der Waals surface area contributed by atoms with E-state index in [0.717, 1.165) is 0 Å². The van der Waals surface area contributed by atoms with Gasteiger partial charge in [0.15, 0.2) is 0 Å². The Morgan fingerprint density at radius 1 is 1.24 bits per heavy atom. The Morgan fingerprint density at radius 3 is 2.18 bits per heavy atom. The van der Waals surface area contributed by atoms with E-state index in [1.807, 2.05) is 0 Å². The molecular weight excluding hydrogens is 276 g/mol. The van der Waals surface area contributed by atoms with Gasteiger partial charge in [-0.3, -0.25) is 11.3 Å². The minimum atomic E-state index is -4.29. The van der Waals surface area contributed by atoms with E-state index in [1.54, 1.807) is 18.2 Å². The number of hydrogen-bond donors (Lipinski definition) is 2. The van der Waals surface area contributed by atoms with Gasteiger partial charge >= 0.3 is 6.18 Å². The molecule has 0 bridgehead atoms. The van der Waals surface area contributed by atoms with Crippen molar-refractivity contribution in [2.75, 3.05) is 0 Å². The highest BCUT2D eigenvalue weighted by atomic mass is 35.5. The van der Waals surface area contributed by atoms with Crippen LogP contribution in [0.3, 0.4) is 0 Å². The van der Waals surface area contributed by atoms with Crippen LogP contribution in [0.4, 0.5) is 13.2 Å². The first-order valence-electron chi connectivity index (χ1n) is 4.79. The van der Waals surface area contributed by atoms with Crippen molar-refractivity contribution >= 4 is 23.2 Å². The van der Waals surface area contributed by atoms with E-state index in [-0.39, 0.29) is 6.42 Å². The van der Waals surface area contributed by atoms with Crippen molar-refractivity contribution in [3.8, 4) is 0 Å². The number of hydrazine groups is 1. The zero-order valence-corrected chi connectivity index (χ0v) is 10.2. The van der Waals surface area contributed by atoms with Crippen LogP contribution < -0.4 is 11.3 Å². The summed E-state index contributed by atoms with van der Waals surface area (Å²) in [5, 5.41) is 0.667. The van der Waals surface area contributed by atoms with Crippen LogP contribution in [-0.2, 0) is 6.42 Å². The summed E-state index contributed by atoms with van der Waals surface area (Å²) in [6, 6.07) is 3.82. The number of hydrogen-bond acceptors (Lipinski definition) is 2. The lowest BCUT2D eigenvalue weighted by molar-refractivity contribution is -0.140. The fourth-order valence-corrected chi connectivity index (χ4v) is 1.99. The van der Waals surface area contributed by atoms with Gasteiger partial charge < -0.3 is 0 Å². The van der Waals surface area contributed by atoms with Crippen molar-refractivity contribution in [3.05, 3.63) is 33.8 Å². The Balaban J connectivity index is 2.81. The Hall–Kier alpha value is -0.490. The Bertz CT molecular complexity index is 362. The third kappa shape index (κ3) is 4.71. The summed E-state index contributed by atoms with van der Waals surface area (Å²) in [6.45, 7) is 0. The summed E-state index contributed by atoms with van der Waals surface area (Å²) in [5.74, 6) is 5.09. The third-order valence-electron chi connectivity index (χ3n) is 2.23. The first-order valence-corrected chi connectivity index (χ1v) is 5.55. The number of halogens is 5. The Kier molecular flexibility index (Phi) is 5.06. The third-order valence-corrected chi connectivity index (χ3v) is 2.93. The monoisotopic (exact) mass is 286 g/mol. The topological polar surface area (TPSA) is 38.0 Å². The molecule has 0 saturated carbocycles. The molecule has 2 nitrogen and oxygen atoms in total. The standard InChI is InChI=1S/C10H11Cl2F3N2/c11-8-2-1-3-9(12)7(8)4-6(17-16)5-10(13,14)15/h1-3,6,17H,4-5,16H2. The van der Waals surface area contributed by atoms with Gasteiger partial charge in [0.2, 0.25) is 0 Å². The van der Waals surface area contributed by atoms with Crippen molar-refractivity contribution in [3.63, 3.8) is 0 Å². The lowest BCUT2D eigenvalue weighted by Crippen LogP contribution is -2.40. The minimum absolute atomic E-state index is 0.0223. The molecule has 1 aromatic carbocycles. The van der Waals surface area contributed by atoms with E-state index < -0.39 is 18.6 Å². The van der Waals surface area contributed by atoms with Crippen molar-refractivity contribution in [2.24, 2.45) is 5.84 Å². The van der Waals surface area contributed by atoms with Crippen LogP contribution >= 0.6 is 23.2 Å². The van der Waals surface area contributed by atoms with E-state index in [4.69, 9.17) is 29.0 Å². The van der Waals surface area contributed by atoms with Gasteiger partial charge in [0.25, 0.3) is 0 Å². The zero-order chi connectivity index (χ0) is 13.1. The van der Waals surface area contributed by atoms with Crippen LogP contribution in [0.2, 0.25) is 10.0 Å². The molecule has 0 aromatic heterocycles. The van der Waals surface area contributed by atoms with Gasteiger partial charge in [-0.05, 0) is 24.1 Å². The molecule has 96 valence electrons. The van der Waals surface area contributed by atoms with Gasteiger partial charge in [-0.2, -0.15) is 13.2 Å². The van der Waals surface area contributed by atoms with Crippen molar-refractivity contribution in [2.45, 2.75) is 25.1 Å². The SMILES string of the molecule is NNC(Cc1c(Cl)cccc1Cl)CC(F)(F)F. The maximum Gasteiger partial charge on any atom is 0.390 e. The van der Waals surface area contributed by atoms with E-state index in [9.17, 15) is 13.2 Å². The zero-order valence-electron chi connectivity index (χ0n) is 8.69. The molecule has 0 fully saturated rings. The van der Waals surface area contributed by atoms with E-state index in [0.29, 0.717) is 15.6 Å². The lowest BCUT2D eigenvalue weighted by atomic mass is 10.0. The minimum Gasteiger partial charge on any atom is -0.271 e. The van der Waals surface area contributed by atoms with Crippen molar-refractivity contribution in [1.82, 2.24) is 5.43 Å². The highest BCUT2D eigenvalue weighted by molar-refractivity contribution is 6.35. The molecule has 0 aliphatic carbocycles. The molecule has 0 heterocycles. The summed E-state index contributed by atoms with van der Waals surface area (Å²) in [5.41, 5.74) is 2.59. The van der Waals surface area contributed by atoms with Crippen LogP contribution in [0.1, 0.15) is 12.0 Å². The smallest absolute Gasteiger partial charge is 0.271 e. The molecular formula is C10H11Cl2F3N2. The second kappa shape index (κ2) is 5.91. The molecule has 1 unspecified atom stereocenters. The number of alkyl halides is 3. The van der Waals surface area contributed by atoms with Gasteiger partial charge in [0, 0.05) is 16.1 Å². The maximum atomic E-state index is 12.2. The summed E-state index contributed by atoms with van der Waals surface area (Å²) < 4.78 is 36.7. The normalized spacial score (nSPS) is 13.8. The molecule has 0 saturated heterocycles. The summed E-state index contributed by atoms with van der Waals surface area (Å²) in [6.07, 6.45) is -5.30. The van der Waals surface area contributed by atoms with Gasteiger partial charge in [-0.1, -0.05) is 29.3 Å².